The summed E-state index contributed by atoms with van der Waals surface area (Å²) in [6.45, 7) is 10.9. The first-order valence-corrected chi connectivity index (χ1v) is 14.9. The second-order valence-electron chi connectivity index (χ2n) is 13.2. The maximum Gasteiger partial charge on any atom is 0.334 e. The number of esters is 2. The number of ether oxygens (including phenoxy) is 5. The minimum Gasteiger partial charge on any atom is -0.508 e. The molecule has 0 aliphatic carbocycles. The lowest BCUT2D eigenvalue weighted by Crippen LogP contribution is -2.65. The highest BCUT2D eigenvalue weighted by Gasteiger charge is 2.64. The molecule has 3 heterocycles. The Labute approximate surface area is 253 Å². The van der Waals surface area contributed by atoms with Gasteiger partial charge in [0.1, 0.15) is 23.7 Å². The van der Waals surface area contributed by atoms with E-state index in [2.05, 4.69) is 6.92 Å². The van der Waals surface area contributed by atoms with Crippen molar-refractivity contribution in [3.05, 3.63) is 41.7 Å². The van der Waals surface area contributed by atoms with Gasteiger partial charge in [-0.15, -0.1) is 0 Å². The van der Waals surface area contributed by atoms with Gasteiger partial charge >= 0.3 is 11.9 Å². The largest absolute Gasteiger partial charge is 0.508 e. The minimum atomic E-state index is -1.40. The lowest BCUT2D eigenvalue weighted by molar-refractivity contribution is -0.403. The van der Waals surface area contributed by atoms with E-state index < -0.39 is 53.2 Å². The summed E-state index contributed by atoms with van der Waals surface area (Å²) in [5, 5.41) is 30.1. The van der Waals surface area contributed by atoms with Crippen molar-refractivity contribution in [2.45, 2.75) is 116 Å². The van der Waals surface area contributed by atoms with Crippen molar-refractivity contribution in [3.63, 3.8) is 0 Å². The number of phenolic OH excluding ortho intramolecular Hbond substituents is 1. The zero-order valence-corrected chi connectivity index (χ0v) is 26.1. The number of hydrogen-bond donors (Lipinski definition) is 3. The van der Waals surface area contributed by atoms with Crippen LogP contribution < -0.4 is 0 Å². The number of phenols is 1. The SMILES string of the molecule is CO[C@@H](CC[C@H](C)[C@H]1O[C@@]23C[C@H](OC(=O)C[C@H]([C@@H](C)O)OC(=O)C=C(O2)[C@@](C)(OO)CC3(C)C)[C@@H]1C)c1cccc(O)c1. The van der Waals surface area contributed by atoms with Gasteiger partial charge in [-0.05, 0) is 56.7 Å². The summed E-state index contributed by atoms with van der Waals surface area (Å²) >= 11 is 0. The lowest BCUT2D eigenvalue weighted by Gasteiger charge is -2.59. The van der Waals surface area contributed by atoms with Gasteiger partial charge in [-0.1, -0.05) is 39.8 Å². The van der Waals surface area contributed by atoms with E-state index in [1.165, 1.54) is 6.92 Å². The van der Waals surface area contributed by atoms with Crippen molar-refractivity contribution in [2.75, 3.05) is 7.11 Å². The van der Waals surface area contributed by atoms with Crippen LogP contribution >= 0.6 is 0 Å². The molecule has 1 aromatic rings. The molecule has 1 aromatic carbocycles. The van der Waals surface area contributed by atoms with Crippen LogP contribution in [0.4, 0.5) is 0 Å². The molecule has 3 aliphatic rings. The predicted molar refractivity (Wildman–Crippen MR) is 153 cm³/mol. The highest BCUT2D eigenvalue weighted by atomic mass is 17.1. The molecule has 0 radical (unpaired) electrons. The Kier molecular flexibility index (Phi) is 9.83. The van der Waals surface area contributed by atoms with Crippen molar-refractivity contribution >= 4 is 11.9 Å². The quantitative estimate of drug-likeness (QED) is 0.213. The molecular weight excluding hydrogens is 560 g/mol. The van der Waals surface area contributed by atoms with Gasteiger partial charge in [-0.25, -0.2) is 9.68 Å². The van der Waals surface area contributed by atoms with Crippen molar-refractivity contribution in [1.29, 1.82) is 0 Å². The number of aliphatic hydroxyl groups excluding tert-OH is 1. The molecule has 1 spiro atoms. The Morgan fingerprint density at radius 2 is 1.84 bits per heavy atom. The molecule has 4 rings (SSSR count). The number of rotatable bonds is 8. The predicted octanol–water partition coefficient (Wildman–Crippen LogP) is 4.80. The third kappa shape index (κ3) is 6.86. The highest BCUT2D eigenvalue weighted by molar-refractivity contribution is 5.83. The van der Waals surface area contributed by atoms with E-state index in [0.29, 0.717) is 12.8 Å². The molecule has 0 aromatic heterocycles. The Hall–Kier alpha value is -2.70. The number of benzene rings is 1. The van der Waals surface area contributed by atoms with Crippen LogP contribution in [0.2, 0.25) is 0 Å². The minimum absolute atomic E-state index is 0.0126. The number of aliphatic hydroxyl groups is 1. The second kappa shape index (κ2) is 12.7. The van der Waals surface area contributed by atoms with Gasteiger partial charge in [0.15, 0.2) is 5.60 Å². The Morgan fingerprint density at radius 3 is 2.47 bits per heavy atom. The molecule has 2 saturated heterocycles. The maximum absolute atomic E-state index is 13.2. The van der Waals surface area contributed by atoms with Gasteiger partial charge < -0.3 is 33.9 Å². The third-order valence-electron chi connectivity index (χ3n) is 9.39. The number of hydrogen-bond acceptors (Lipinski definition) is 11. The highest BCUT2D eigenvalue weighted by Crippen LogP contribution is 2.57. The number of carbonyl (C=O) groups excluding carboxylic acids is 2. The van der Waals surface area contributed by atoms with E-state index in [1.807, 2.05) is 26.8 Å². The van der Waals surface area contributed by atoms with E-state index in [9.17, 15) is 25.1 Å². The van der Waals surface area contributed by atoms with Crippen molar-refractivity contribution in [2.24, 2.45) is 17.3 Å². The van der Waals surface area contributed by atoms with Crippen LogP contribution in [0.3, 0.4) is 0 Å². The standard InChI is InChI=1S/C32H46O11/c1-18(11-12-23(38-7)21-9-8-10-22(34)13-21)29-19(2)25-16-32(42-29)30(4,5)17-31(6,43-37)26(41-32)15-28(36)39-24(20(3)33)14-27(35)40-25/h8-10,13,15,18-20,23-25,29,33-34,37H,11-12,14,16-17H2,1-7H3/t18-,19-,20+,23-,24+,25-,29+,31-,32+/m0/s1. The Bertz CT molecular complexity index is 1200. The number of fused-ring (bicyclic) bond motifs is 2. The Morgan fingerprint density at radius 1 is 1.12 bits per heavy atom. The van der Waals surface area contributed by atoms with Crippen molar-refractivity contribution < 1.29 is 53.6 Å². The van der Waals surface area contributed by atoms with Gasteiger partial charge in [0.05, 0.1) is 37.2 Å². The lowest BCUT2D eigenvalue weighted by atomic mass is 9.66. The first kappa shape index (κ1) is 33.2. The summed E-state index contributed by atoms with van der Waals surface area (Å²) in [4.78, 5) is 31.0. The smallest absolute Gasteiger partial charge is 0.334 e. The number of carbonyl (C=O) groups is 2. The zero-order chi connectivity index (χ0) is 31.7. The van der Waals surface area contributed by atoms with Gasteiger partial charge in [0, 0.05) is 18.4 Å². The van der Waals surface area contributed by atoms with Crippen LogP contribution in [0.25, 0.3) is 0 Å². The Balaban J connectivity index is 1.70. The molecule has 240 valence electrons. The molecule has 0 unspecified atom stereocenters. The number of aromatic hydroxyl groups is 1. The molecule has 9 atom stereocenters. The van der Waals surface area contributed by atoms with Crippen LogP contribution in [0.15, 0.2) is 36.1 Å². The van der Waals surface area contributed by atoms with E-state index in [4.69, 9.17) is 28.6 Å². The van der Waals surface area contributed by atoms with E-state index >= 15 is 0 Å². The topological polar surface area (TPSA) is 150 Å². The molecule has 3 bridgehead atoms. The van der Waals surface area contributed by atoms with Gasteiger partial charge in [-0.3, -0.25) is 10.1 Å². The summed E-state index contributed by atoms with van der Waals surface area (Å²) in [5.41, 5.74) is -1.32. The number of cyclic esters (lactones) is 1. The molecule has 0 amide bonds. The molecule has 3 aliphatic heterocycles. The summed E-state index contributed by atoms with van der Waals surface area (Å²) in [6, 6.07) is 6.98. The molecule has 2 fully saturated rings. The van der Waals surface area contributed by atoms with E-state index in [1.54, 1.807) is 32.2 Å². The molecule has 11 heteroatoms. The van der Waals surface area contributed by atoms with Gasteiger partial charge in [0.2, 0.25) is 5.79 Å². The fourth-order valence-corrected chi connectivity index (χ4v) is 6.78. The molecule has 0 saturated carbocycles. The normalized spacial score (nSPS) is 34.7. The van der Waals surface area contributed by atoms with E-state index in [-0.39, 0.29) is 48.7 Å². The van der Waals surface area contributed by atoms with Crippen LogP contribution in [-0.2, 0) is 38.2 Å². The average molecular weight is 607 g/mol. The fraction of sp³-hybridized carbons (Fsp3) is 0.688. The van der Waals surface area contributed by atoms with Crippen molar-refractivity contribution in [3.8, 4) is 5.75 Å². The van der Waals surface area contributed by atoms with Crippen LogP contribution in [0.5, 0.6) is 5.75 Å². The molecule has 3 N–H and O–H groups in total. The van der Waals surface area contributed by atoms with Gasteiger partial charge in [0.25, 0.3) is 0 Å². The maximum atomic E-state index is 13.2. The number of methoxy groups -OCH3 is 1. The van der Waals surface area contributed by atoms with Crippen LogP contribution in [0, 0.1) is 17.3 Å². The first-order valence-electron chi connectivity index (χ1n) is 14.9. The van der Waals surface area contributed by atoms with E-state index in [0.717, 1.165) is 11.6 Å². The average Bonchev–Trinajstić information content (AvgIpc) is 2.92. The zero-order valence-electron chi connectivity index (χ0n) is 26.1. The molecule has 11 nitrogen and oxygen atoms in total. The molecular formula is C32H46O11. The summed E-state index contributed by atoms with van der Waals surface area (Å²) in [6.07, 6.45) is -1.14. The van der Waals surface area contributed by atoms with Crippen LogP contribution in [0.1, 0.15) is 85.3 Å². The summed E-state index contributed by atoms with van der Waals surface area (Å²) in [5.74, 6) is -2.93. The first-order chi connectivity index (χ1) is 20.1. The molecule has 43 heavy (non-hydrogen) atoms. The van der Waals surface area contributed by atoms with Crippen LogP contribution in [-0.4, -0.2) is 70.3 Å². The monoisotopic (exact) mass is 606 g/mol. The fourth-order valence-electron chi connectivity index (χ4n) is 6.78. The van der Waals surface area contributed by atoms with Crippen molar-refractivity contribution in [1.82, 2.24) is 0 Å². The van der Waals surface area contributed by atoms with Gasteiger partial charge in [-0.2, -0.15) is 0 Å². The third-order valence-corrected chi connectivity index (χ3v) is 9.39. The summed E-state index contributed by atoms with van der Waals surface area (Å²) in [7, 11) is 1.63. The summed E-state index contributed by atoms with van der Waals surface area (Å²) < 4.78 is 30.6. The second-order valence-corrected chi connectivity index (χ2v) is 13.2.